The molecule has 0 saturated heterocycles. The first-order chi connectivity index (χ1) is 7.50. The Labute approximate surface area is 96.4 Å². The van der Waals surface area contributed by atoms with Crippen molar-refractivity contribution in [2.24, 2.45) is 5.73 Å². The van der Waals surface area contributed by atoms with E-state index in [9.17, 15) is 0 Å². The van der Waals surface area contributed by atoms with Gasteiger partial charge in [-0.2, -0.15) is 0 Å². The van der Waals surface area contributed by atoms with Gasteiger partial charge >= 0.3 is 0 Å². The Morgan fingerprint density at radius 3 is 2.44 bits per heavy atom. The SMILES string of the molecule is Cc1ccc(C(C)C)c2cc(C(C)N)oc12. The highest BCUT2D eigenvalue weighted by atomic mass is 16.3. The Hall–Kier alpha value is -1.28. The maximum Gasteiger partial charge on any atom is 0.137 e. The van der Waals surface area contributed by atoms with Crippen LogP contribution in [-0.2, 0) is 0 Å². The van der Waals surface area contributed by atoms with Crippen LogP contribution in [0.5, 0.6) is 0 Å². The smallest absolute Gasteiger partial charge is 0.137 e. The number of aryl methyl sites for hydroxylation is 1. The Balaban J connectivity index is 2.72. The molecule has 0 aliphatic heterocycles. The lowest BCUT2D eigenvalue weighted by molar-refractivity contribution is 0.511. The molecule has 16 heavy (non-hydrogen) atoms. The van der Waals surface area contributed by atoms with E-state index in [0.29, 0.717) is 5.92 Å². The fourth-order valence-corrected chi connectivity index (χ4v) is 2.03. The molecular formula is C14H19NO. The van der Waals surface area contributed by atoms with Gasteiger partial charge in [0.25, 0.3) is 0 Å². The molecule has 0 bridgehead atoms. The van der Waals surface area contributed by atoms with Gasteiger partial charge in [0.1, 0.15) is 11.3 Å². The fourth-order valence-electron chi connectivity index (χ4n) is 2.03. The van der Waals surface area contributed by atoms with Gasteiger partial charge in [-0.1, -0.05) is 26.0 Å². The van der Waals surface area contributed by atoms with Gasteiger partial charge in [-0.25, -0.2) is 0 Å². The first-order valence-electron chi connectivity index (χ1n) is 5.79. The molecule has 0 spiro atoms. The quantitative estimate of drug-likeness (QED) is 0.829. The molecule has 0 fully saturated rings. The summed E-state index contributed by atoms with van der Waals surface area (Å²) in [6.07, 6.45) is 0. The largest absolute Gasteiger partial charge is 0.459 e. The number of fused-ring (bicyclic) bond motifs is 1. The molecule has 0 amide bonds. The van der Waals surface area contributed by atoms with Crippen LogP contribution in [0.4, 0.5) is 0 Å². The van der Waals surface area contributed by atoms with Crippen molar-refractivity contribution in [2.75, 3.05) is 0 Å². The summed E-state index contributed by atoms with van der Waals surface area (Å²) in [4.78, 5) is 0. The van der Waals surface area contributed by atoms with E-state index in [4.69, 9.17) is 10.2 Å². The molecule has 1 heterocycles. The molecule has 2 nitrogen and oxygen atoms in total. The molecule has 1 aromatic heterocycles. The molecule has 0 saturated carbocycles. The summed E-state index contributed by atoms with van der Waals surface area (Å²) in [5.41, 5.74) is 9.35. The van der Waals surface area contributed by atoms with Crippen molar-refractivity contribution in [1.29, 1.82) is 0 Å². The highest BCUT2D eigenvalue weighted by molar-refractivity contribution is 5.85. The van der Waals surface area contributed by atoms with Crippen LogP contribution in [0.25, 0.3) is 11.0 Å². The van der Waals surface area contributed by atoms with E-state index in [1.807, 2.05) is 6.92 Å². The maximum atomic E-state index is 5.86. The third-order valence-electron chi connectivity index (χ3n) is 3.00. The van der Waals surface area contributed by atoms with Gasteiger partial charge in [-0.3, -0.25) is 0 Å². The highest BCUT2D eigenvalue weighted by Gasteiger charge is 2.14. The van der Waals surface area contributed by atoms with Gasteiger partial charge in [0.05, 0.1) is 6.04 Å². The van der Waals surface area contributed by atoms with Crippen molar-refractivity contribution < 1.29 is 4.42 Å². The zero-order valence-corrected chi connectivity index (χ0v) is 10.4. The van der Waals surface area contributed by atoms with Crippen LogP contribution in [0.3, 0.4) is 0 Å². The highest BCUT2D eigenvalue weighted by Crippen LogP contribution is 2.31. The lowest BCUT2D eigenvalue weighted by Crippen LogP contribution is -2.02. The molecule has 0 radical (unpaired) electrons. The summed E-state index contributed by atoms with van der Waals surface area (Å²) in [6, 6.07) is 6.34. The van der Waals surface area contributed by atoms with E-state index in [1.165, 1.54) is 16.5 Å². The zero-order chi connectivity index (χ0) is 11.9. The number of furan rings is 1. The molecule has 2 N–H and O–H groups in total. The second-order valence-corrected chi connectivity index (χ2v) is 4.81. The van der Waals surface area contributed by atoms with Crippen molar-refractivity contribution in [3.05, 3.63) is 35.1 Å². The second kappa shape index (κ2) is 3.95. The third-order valence-corrected chi connectivity index (χ3v) is 3.00. The summed E-state index contributed by atoms with van der Waals surface area (Å²) in [5, 5.41) is 1.21. The molecular weight excluding hydrogens is 198 g/mol. The van der Waals surface area contributed by atoms with Crippen molar-refractivity contribution in [3.63, 3.8) is 0 Å². The number of hydrogen-bond donors (Lipinski definition) is 1. The first kappa shape index (κ1) is 11.2. The predicted molar refractivity (Wildman–Crippen MR) is 67.6 cm³/mol. The molecule has 1 aromatic carbocycles. The van der Waals surface area contributed by atoms with E-state index in [-0.39, 0.29) is 6.04 Å². The molecule has 1 unspecified atom stereocenters. The number of nitrogens with two attached hydrogens (primary N) is 1. The summed E-state index contributed by atoms with van der Waals surface area (Å²) in [7, 11) is 0. The van der Waals surface area contributed by atoms with Crippen molar-refractivity contribution in [2.45, 2.75) is 39.7 Å². The van der Waals surface area contributed by atoms with Crippen LogP contribution < -0.4 is 5.73 Å². The van der Waals surface area contributed by atoms with Crippen LogP contribution in [0, 0.1) is 6.92 Å². The number of hydrogen-bond acceptors (Lipinski definition) is 2. The first-order valence-corrected chi connectivity index (χ1v) is 5.79. The van der Waals surface area contributed by atoms with Crippen molar-refractivity contribution >= 4 is 11.0 Å². The van der Waals surface area contributed by atoms with Crippen molar-refractivity contribution in [3.8, 4) is 0 Å². The van der Waals surface area contributed by atoms with Gasteiger partial charge in [0.2, 0.25) is 0 Å². The minimum atomic E-state index is -0.0492. The van der Waals surface area contributed by atoms with E-state index < -0.39 is 0 Å². The van der Waals surface area contributed by atoms with E-state index in [0.717, 1.165) is 11.3 Å². The summed E-state index contributed by atoms with van der Waals surface area (Å²) in [5.74, 6) is 1.37. The standard InChI is InChI=1S/C14H19NO/c1-8(2)11-6-5-9(3)14-12(11)7-13(16-14)10(4)15/h5-8,10H,15H2,1-4H3. The third kappa shape index (κ3) is 1.74. The van der Waals surface area contributed by atoms with Crippen LogP contribution in [0.2, 0.25) is 0 Å². The van der Waals surface area contributed by atoms with Crippen LogP contribution in [-0.4, -0.2) is 0 Å². The monoisotopic (exact) mass is 217 g/mol. The molecule has 2 heteroatoms. The van der Waals surface area contributed by atoms with Crippen LogP contribution in [0.15, 0.2) is 22.6 Å². The normalized spacial score (nSPS) is 13.6. The summed E-state index contributed by atoms with van der Waals surface area (Å²) < 4.78 is 5.83. The molecule has 0 aliphatic rings. The van der Waals surface area contributed by atoms with E-state index in [2.05, 4.69) is 39.0 Å². The van der Waals surface area contributed by atoms with Crippen molar-refractivity contribution in [1.82, 2.24) is 0 Å². The zero-order valence-electron chi connectivity index (χ0n) is 10.4. The van der Waals surface area contributed by atoms with Gasteiger partial charge in [0.15, 0.2) is 0 Å². The Morgan fingerprint density at radius 2 is 1.88 bits per heavy atom. The van der Waals surface area contributed by atoms with Gasteiger partial charge < -0.3 is 10.2 Å². The van der Waals surface area contributed by atoms with Crippen LogP contribution in [0.1, 0.15) is 49.6 Å². The minimum absolute atomic E-state index is 0.0492. The minimum Gasteiger partial charge on any atom is -0.459 e. The fraction of sp³-hybridized carbons (Fsp3) is 0.429. The van der Waals surface area contributed by atoms with Gasteiger partial charge in [-0.15, -0.1) is 0 Å². The molecule has 1 atom stereocenters. The summed E-state index contributed by atoms with van der Waals surface area (Å²) in [6.45, 7) is 8.41. The molecule has 86 valence electrons. The molecule has 2 rings (SSSR count). The predicted octanol–water partition coefficient (Wildman–Crippen LogP) is 3.88. The van der Waals surface area contributed by atoms with E-state index >= 15 is 0 Å². The topological polar surface area (TPSA) is 39.2 Å². The average Bonchev–Trinajstić information content (AvgIpc) is 2.62. The molecule has 0 aliphatic carbocycles. The lowest BCUT2D eigenvalue weighted by atomic mass is 9.97. The summed E-state index contributed by atoms with van der Waals surface area (Å²) >= 11 is 0. The number of benzene rings is 1. The molecule has 2 aromatic rings. The van der Waals surface area contributed by atoms with E-state index in [1.54, 1.807) is 0 Å². The Kier molecular flexibility index (Phi) is 2.76. The average molecular weight is 217 g/mol. The number of rotatable bonds is 2. The maximum absolute atomic E-state index is 5.86. The lowest BCUT2D eigenvalue weighted by Gasteiger charge is -2.07. The van der Waals surface area contributed by atoms with Gasteiger partial charge in [0, 0.05) is 5.39 Å². The Bertz CT molecular complexity index is 509. The second-order valence-electron chi connectivity index (χ2n) is 4.81. The Morgan fingerprint density at radius 1 is 1.19 bits per heavy atom. The van der Waals surface area contributed by atoms with Crippen LogP contribution >= 0.6 is 0 Å². The van der Waals surface area contributed by atoms with Gasteiger partial charge in [-0.05, 0) is 37.0 Å².